The molecule has 0 fully saturated rings. The maximum atomic E-state index is 11.3. The zero-order valence-corrected chi connectivity index (χ0v) is 7.81. The average molecular weight is 226 g/mol. The summed E-state index contributed by atoms with van der Waals surface area (Å²) >= 11 is 0. The summed E-state index contributed by atoms with van der Waals surface area (Å²) in [7, 11) is 0. The Kier molecular flexibility index (Phi) is 1.66. The number of rotatable bonds is 0. The molecule has 2 unspecified atom stereocenters. The molecule has 0 aromatic carbocycles. The molecule has 2 aliphatic rings. The van der Waals surface area contributed by atoms with Crippen LogP contribution in [0.25, 0.3) is 0 Å². The fourth-order valence-corrected chi connectivity index (χ4v) is 1.80. The maximum absolute atomic E-state index is 11.3. The highest BCUT2D eigenvalue weighted by molar-refractivity contribution is 6.32. The molecule has 0 amide bonds. The van der Waals surface area contributed by atoms with E-state index in [-0.39, 0.29) is 33.4 Å². The molecule has 0 aliphatic carbocycles. The first kappa shape index (κ1) is 9.09. The van der Waals surface area contributed by atoms with Crippen LogP contribution >= 0.6 is 0 Å². The molecule has 0 spiro atoms. The maximum Gasteiger partial charge on any atom is 0.337 e. The minimum absolute atomic E-state index is 0.0799. The molecule has 0 saturated carbocycles. The lowest BCUT2D eigenvalue weighted by molar-refractivity contribution is -0.810. The minimum Gasteiger partial charge on any atom is -0.376 e. The van der Waals surface area contributed by atoms with Gasteiger partial charge in [0.2, 0.25) is 5.69 Å². The highest BCUT2D eigenvalue weighted by Crippen LogP contribution is 2.32. The largest absolute Gasteiger partial charge is 0.376 e. The Hall–Kier alpha value is -2.16. The van der Waals surface area contributed by atoms with Gasteiger partial charge in [0.1, 0.15) is 12.1 Å². The van der Waals surface area contributed by atoms with E-state index in [0.717, 1.165) is 0 Å². The van der Waals surface area contributed by atoms with E-state index in [2.05, 4.69) is 19.6 Å². The quantitative estimate of drug-likeness (QED) is 0.549. The van der Waals surface area contributed by atoms with Gasteiger partial charge in [-0.1, -0.05) is 0 Å². The monoisotopic (exact) mass is 226 g/mol. The lowest BCUT2D eigenvalue weighted by Gasteiger charge is -2.24. The van der Waals surface area contributed by atoms with Crippen molar-refractivity contribution in [3.8, 4) is 0 Å². The van der Waals surface area contributed by atoms with Gasteiger partial charge < -0.3 is 15.2 Å². The van der Waals surface area contributed by atoms with Gasteiger partial charge in [0.15, 0.2) is 6.29 Å². The van der Waals surface area contributed by atoms with Gasteiger partial charge in [-0.15, -0.1) is 0 Å². The normalized spacial score (nSPS) is 27.3. The number of nitrogens with zero attached hydrogens (tertiary/aromatic N) is 4. The number of aliphatic hydroxyl groups excluding tert-OH is 1. The Balaban J connectivity index is 2.17. The van der Waals surface area contributed by atoms with Gasteiger partial charge in [-0.3, -0.25) is 9.84 Å². The van der Waals surface area contributed by atoms with Crippen molar-refractivity contribution in [1.82, 2.24) is 5.16 Å². The van der Waals surface area contributed by atoms with Crippen LogP contribution in [0.3, 0.4) is 0 Å². The van der Waals surface area contributed by atoms with Crippen molar-refractivity contribution < 1.29 is 24.4 Å². The van der Waals surface area contributed by atoms with E-state index in [1.807, 2.05) is 0 Å². The number of aliphatic hydroxyl groups is 1. The number of fused-ring (bicyclic) bond motifs is 3. The van der Waals surface area contributed by atoms with Crippen LogP contribution in [-0.4, -0.2) is 33.4 Å². The zero-order valence-electron chi connectivity index (χ0n) is 7.81. The summed E-state index contributed by atoms with van der Waals surface area (Å²) < 4.78 is 4.38. The Morgan fingerprint density at radius 1 is 1.50 bits per heavy atom. The van der Waals surface area contributed by atoms with Crippen molar-refractivity contribution in [2.75, 3.05) is 0 Å². The predicted octanol–water partition coefficient (Wildman–Crippen LogP) is -1.29. The second-order valence-corrected chi connectivity index (χ2v) is 3.43. The third-order valence-corrected chi connectivity index (χ3v) is 2.50. The first-order chi connectivity index (χ1) is 7.66. The van der Waals surface area contributed by atoms with Gasteiger partial charge in [0, 0.05) is 11.3 Å². The Morgan fingerprint density at radius 2 is 2.31 bits per heavy atom. The van der Waals surface area contributed by atoms with Gasteiger partial charge in [-0.25, -0.2) is 4.99 Å². The second kappa shape index (κ2) is 2.92. The molecule has 1 aromatic rings. The second-order valence-electron chi connectivity index (χ2n) is 3.43. The van der Waals surface area contributed by atoms with E-state index in [1.54, 1.807) is 0 Å². The van der Waals surface area contributed by atoms with Crippen LogP contribution in [0.5, 0.6) is 0 Å². The van der Waals surface area contributed by atoms with Crippen molar-refractivity contribution in [2.45, 2.75) is 18.6 Å². The third-order valence-electron chi connectivity index (χ3n) is 2.50. The van der Waals surface area contributed by atoms with E-state index in [4.69, 9.17) is 0 Å². The van der Waals surface area contributed by atoms with Crippen LogP contribution in [0.15, 0.2) is 9.62 Å². The average Bonchev–Trinajstić information content (AvgIpc) is 2.60. The van der Waals surface area contributed by atoms with Crippen LogP contribution in [-0.2, 0) is 4.84 Å². The molecule has 3 rings (SSSR count). The van der Waals surface area contributed by atoms with Crippen LogP contribution < -0.4 is 4.90 Å². The van der Waals surface area contributed by atoms with Gasteiger partial charge in [0.05, 0.1) is 5.16 Å². The number of hydrogen-bond donors (Lipinski definition) is 1. The summed E-state index contributed by atoms with van der Waals surface area (Å²) in [5.74, 6) is -0.497. The van der Waals surface area contributed by atoms with E-state index >= 15 is 0 Å². The first-order valence-corrected chi connectivity index (χ1v) is 4.49. The van der Waals surface area contributed by atoms with Crippen LogP contribution in [0.1, 0.15) is 18.0 Å². The molecule has 2 atom stereocenters. The van der Waals surface area contributed by atoms with E-state index in [9.17, 15) is 15.5 Å². The summed E-state index contributed by atoms with van der Waals surface area (Å²) in [4.78, 5) is 8.65. The highest BCUT2D eigenvalue weighted by atomic mass is 16.9. The molecule has 16 heavy (non-hydrogen) atoms. The van der Waals surface area contributed by atoms with Crippen molar-refractivity contribution >= 4 is 17.7 Å². The van der Waals surface area contributed by atoms with Crippen molar-refractivity contribution in [3.63, 3.8) is 0 Å². The molecule has 9 nitrogen and oxygen atoms in total. The molecule has 0 saturated heterocycles. The van der Waals surface area contributed by atoms with E-state index in [0.29, 0.717) is 0 Å². The smallest absolute Gasteiger partial charge is 0.337 e. The summed E-state index contributed by atoms with van der Waals surface area (Å²) in [6.45, 7) is 0. The van der Waals surface area contributed by atoms with E-state index < -0.39 is 12.2 Å². The lowest BCUT2D eigenvalue weighted by atomic mass is 9.93. The standard InChI is InChI=1S/C7H6N4O5/c12-5-1-3-4(10(13)15-5)2-8-7-6(3)11(14)16-9-7/h2-3,5,12H,1H2. The SMILES string of the molecule is [O-][N+]1=C2C=Nc3no[n+]([O-])c3C2CC(O)O1. The molecule has 3 heterocycles. The lowest BCUT2D eigenvalue weighted by Crippen LogP contribution is -2.42. The van der Waals surface area contributed by atoms with Gasteiger partial charge in [-0.2, -0.15) is 0 Å². The Labute approximate surface area is 87.9 Å². The summed E-state index contributed by atoms with van der Waals surface area (Å²) in [5, 5.41) is 35.3. The van der Waals surface area contributed by atoms with Crippen molar-refractivity contribution in [1.29, 1.82) is 0 Å². The molecule has 0 bridgehead atoms. The molecule has 1 aromatic heterocycles. The molecule has 2 aliphatic heterocycles. The molecule has 84 valence electrons. The van der Waals surface area contributed by atoms with Crippen LogP contribution in [0.4, 0.5) is 5.82 Å². The molecule has 1 N–H and O–H groups in total. The minimum atomic E-state index is -1.26. The summed E-state index contributed by atoms with van der Waals surface area (Å²) in [5.41, 5.74) is 0.256. The predicted molar refractivity (Wildman–Crippen MR) is 46.7 cm³/mol. The number of aromatic nitrogens is 2. The summed E-state index contributed by atoms with van der Waals surface area (Å²) in [6.07, 6.45) is 0.0609. The summed E-state index contributed by atoms with van der Waals surface area (Å²) in [6, 6.07) is 0. The number of aliphatic imine (C=N–C) groups is 1. The van der Waals surface area contributed by atoms with Crippen molar-refractivity contribution in [3.05, 3.63) is 16.1 Å². The van der Waals surface area contributed by atoms with E-state index in [1.165, 1.54) is 6.21 Å². The van der Waals surface area contributed by atoms with Gasteiger partial charge in [-0.05, 0) is 4.90 Å². The zero-order chi connectivity index (χ0) is 11.3. The van der Waals surface area contributed by atoms with Crippen molar-refractivity contribution in [2.24, 2.45) is 4.99 Å². The molecular weight excluding hydrogens is 220 g/mol. The fraction of sp³-hybridized carbons (Fsp3) is 0.429. The molecule has 9 heteroatoms. The van der Waals surface area contributed by atoms with Gasteiger partial charge in [0.25, 0.3) is 5.71 Å². The Morgan fingerprint density at radius 3 is 3.12 bits per heavy atom. The van der Waals surface area contributed by atoms with Gasteiger partial charge >= 0.3 is 5.82 Å². The third kappa shape index (κ3) is 1.08. The van der Waals surface area contributed by atoms with Crippen LogP contribution in [0.2, 0.25) is 0 Å². The fourth-order valence-electron chi connectivity index (χ4n) is 1.80. The first-order valence-electron chi connectivity index (χ1n) is 4.49. The molecular formula is C7H6N4O5. The Bertz CT molecular complexity index is 507. The topological polar surface area (TPSA) is 121 Å². The highest BCUT2D eigenvalue weighted by Gasteiger charge is 2.43. The van der Waals surface area contributed by atoms with Crippen LogP contribution in [0, 0.1) is 10.4 Å². The number of hydrogen-bond acceptors (Lipinski definition) is 7. The molecule has 0 radical (unpaired) electrons.